The molecule has 0 aromatic heterocycles. The maximum Gasteiger partial charge on any atom is 0.227 e. The van der Waals surface area contributed by atoms with E-state index in [9.17, 15) is 4.79 Å². The maximum atomic E-state index is 12.5. The molecule has 2 rings (SSSR count). The number of carbonyl (C=O) groups is 1. The van der Waals surface area contributed by atoms with Crippen LogP contribution >= 0.6 is 0 Å². The Kier molecular flexibility index (Phi) is 5.97. The third kappa shape index (κ3) is 4.95. The Hall–Kier alpha value is -2.09. The highest BCUT2D eigenvalue weighted by molar-refractivity contribution is 5.83. The van der Waals surface area contributed by atoms with Gasteiger partial charge in [-0.3, -0.25) is 4.79 Å². The van der Waals surface area contributed by atoms with E-state index in [4.69, 9.17) is 0 Å². The molecule has 0 radical (unpaired) electrons. The fourth-order valence-corrected chi connectivity index (χ4v) is 2.73. The predicted molar refractivity (Wildman–Crippen MR) is 96.4 cm³/mol. The van der Waals surface area contributed by atoms with Gasteiger partial charge in [0.15, 0.2) is 0 Å². The van der Waals surface area contributed by atoms with E-state index in [-0.39, 0.29) is 17.9 Å². The third-order valence-electron chi connectivity index (χ3n) is 4.18. The molecule has 0 saturated heterocycles. The SMILES string of the molecule is CC(C)Cc1ccc([C@H](C)C(=O)N[C@H](C)c2ccccc2)cc1. The smallest absolute Gasteiger partial charge is 0.227 e. The van der Waals surface area contributed by atoms with Gasteiger partial charge >= 0.3 is 0 Å². The minimum absolute atomic E-state index is 0.0198. The summed E-state index contributed by atoms with van der Waals surface area (Å²) in [5.41, 5.74) is 3.52. The number of nitrogens with one attached hydrogen (secondary N) is 1. The van der Waals surface area contributed by atoms with Crippen LogP contribution in [0.5, 0.6) is 0 Å². The molecule has 1 N–H and O–H groups in total. The Morgan fingerprint density at radius 3 is 2.04 bits per heavy atom. The number of hydrogen-bond acceptors (Lipinski definition) is 1. The maximum absolute atomic E-state index is 12.5. The van der Waals surface area contributed by atoms with Crippen LogP contribution in [0.4, 0.5) is 0 Å². The summed E-state index contributed by atoms with van der Waals surface area (Å²) in [5.74, 6) is 0.570. The molecule has 0 fully saturated rings. The van der Waals surface area contributed by atoms with Gasteiger partial charge in [0.1, 0.15) is 0 Å². The number of hydrogen-bond donors (Lipinski definition) is 1. The van der Waals surface area contributed by atoms with Crippen molar-refractivity contribution in [2.24, 2.45) is 5.92 Å². The van der Waals surface area contributed by atoms with Crippen LogP contribution in [0, 0.1) is 5.92 Å². The van der Waals surface area contributed by atoms with Gasteiger partial charge in [-0.05, 0) is 42.9 Å². The van der Waals surface area contributed by atoms with E-state index in [0.717, 1.165) is 17.5 Å². The van der Waals surface area contributed by atoms with E-state index >= 15 is 0 Å². The molecule has 0 bridgehead atoms. The molecule has 2 aromatic rings. The van der Waals surface area contributed by atoms with Gasteiger partial charge in [-0.15, -0.1) is 0 Å². The van der Waals surface area contributed by atoms with Crippen LogP contribution in [-0.4, -0.2) is 5.91 Å². The first-order valence-electron chi connectivity index (χ1n) is 8.41. The standard InChI is InChI=1S/C21H27NO/c1-15(2)14-18-10-12-19(13-11-18)16(3)21(23)22-17(4)20-8-6-5-7-9-20/h5-13,15-17H,14H2,1-4H3,(H,22,23)/t16-,17+/m0/s1. The van der Waals surface area contributed by atoms with E-state index in [1.165, 1.54) is 5.56 Å². The Morgan fingerprint density at radius 1 is 0.870 bits per heavy atom. The van der Waals surface area contributed by atoms with Gasteiger partial charge in [0.25, 0.3) is 0 Å². The van der Waals surface area contributed by atoms with E-state index in [2.05, 4.69) is 43.4 Å². The summed E-state index contributed by atoms with van der Waals surface area (Å²) in [6.07, 6.45) is 1.08. The van der Waals surface area contributed by atoms with Crippen molar-refractivity contribution in [3.8, 4) is 0 Å². The molecule has 2 aromatic carbocycles. The van der Waals surface area contributed by atoms with Gasteiger partial charge in [0, 0.05) is 0 Å². The third-order valence-corrected chi connectivity index (χ3v) is 4.18. The molecule has 23 heavy (non-hydrogen) atoms. The van der Waals surface area contributed by atoms with Crippen molar-refractivity contribution in [1.82, 2.24) is 5.32 Å². The molecular formula is C21H27NO. The van der Waals surface area contributed by atoms with Crippen molar-refractivity contribution in [2.75, 3.05) is 0 Å². The van der Waals surface area contributed by atoms with E-state index in [0.29, 0.717) is 5.92 Å². The molecule has 0 spiro atoms. The summed E-state index contributed by atoms with van der Waals surface area (Å²) in [4.78, 5) is 12.5. The fraction of sp³-hybridized carbons (Fsp3) is 0.381. The largest absolute Gasteiger partial charge is 0.349 e. The molecule has 0 aliphatic heterocycles. The molecular weight excluding hydrogens is 282 g/mol. The first-order valence-corrected chi connectivity index (χ1v) is 8.41. The van der Waals surface area contributed by atoms with Crippen LogP contribution in [0.2, 0.25) is 0 Å². The van der Waals surface area contributed by atoms with Crippen molar-refractivity contribution in [1.29, 1.82) is 0 Å². The zero-order valence-electron chi connectivity index (χ0n) is 14.5. The first-order chi connectivity index (χ1) is 11.0. The Balaban J connectivity index is 1.99. The van der Waals surface area contributed by atoms with Crippen molar-refractivity contribution in [2.45, 2.75) is 46.1 Å². The average molecular weight is 309 g/mol. The lowest BCUT2D eigenvalue weighted by Gasteiger charge is -2.18. The molecule has 2 heteroatoms. The van der Waals surface area contributed by atoms with E-state index in [1.54, 1.807) is 0 Å². The highest BCUT2D eigenvalue weighted by Gasteiger charge is 2.17. The van der Waals surface area contributed by atoms with Gasteiger partial charge in [0.2, 0.25) is 5.91 Å². The second-order valence-electron chi connectivity index (χ2n) is 6.70. The van der Waals surface area contributed by atoms with Crippen LogP contribution < -0.4 is 5.32 Å². The number of amides is 1. The van der Waals surface area contributed by atoms with Gasteiger partial charge < -0.3 is 5.32 Å². The van der Waals surface area contributed by atoms with Crippen molar-refractivity contribution < 1.29 is 4.79 Å². The first kappa shape index (κ1) is 17.3. The minimum Gasteiger partial charge on any atom is -0.349 e. The zero-order chi connectivity index (χ0) is 16.8. The Labute approximate surface area is 139 Å². The summed E-state index contributed by atoms with van der Waals surface area (Å²) in [6, 6.07) is 18.5. The highest BCUT2D eigenvalue weighted by Crippen LogP contribution is 2.19. The zero-order valence-corrected chi connectivity index (χ0v) is 14.5. The van der Waals surface area contributed by atoms with Crippen molar-refractivity contribution in [3.05, 3.63) is 71.3 Å². The lowest BCUT2D eigenvalue weighted by molar-refractivity contribution is -0.122. The van der Waals surface area contributed by atoms with Gasteiger partial charge in [-0.2, -0.15) is 0 Å². The molecule has 0 aliphatic carbocycles. The molecule has 0 unspecified atom stereocenters. The average Bonchev–Trinajstić information content (AvgIpc) is 2.55. The lowest BCUT2D eigenvalue weighted by atomic mass is 9.96. The van der Waals surface area contributed by atoms with Gasteiger partial charge in [0.05, 0.1) is 12.0 Å². The molecule has 2 nitrogen and oxygen atoms in total. The number of rotatable bonds is 6. The van der Waals surface area contributed by atoms with Gasteiger partial charge in [-0.25, -0.2) is 0 Å². The molecule has 1 amide bonds. The normalized spacial score (nSPS) is 13.6. The second-order valence-corrected chi connectivity index (χ2v) is 6.70. The summed E-state index contributed by atoms with van der Waals surface area (Å²) < 4.78 is 0. The van der Waals surface area contributed by atoms with Crippen molar-refractivity contribution >= 4 is 5.91 Å². The van der Waals surface area contributed by atoms with Crippen LogP contribution in [0.3, 0.4) is 0 Å². The number of carbonyl (C=O) groups excluding carboxylic acids is 1. The summed E-state index contributed by atoms with van der Waals surface area (Å²) in [7, 11) is 0. The highest BCUT2D eigenvalue weighted by atomic mass is 16.1. The van der Waals surface area contributed by atoms with Gasteiger partial charge in [-0.1, -0.05) is 68.4 Å². The fourth-order valence-electron chi connectivity index (χ4n) is 2.73. The molecule has 0 aliphatic rings. The second kappa shape index (κ2) is 7.96. The number of benzene rings is 2. The molecule has 2 atom stereocenters. The van der Waals surface area contributed by atoms with Crippen molar-refractivity contribution in [3.63, 3.8) is 0 Å². The summed E-state index contributed by atoms with van der Waals surface area (Å²) in [5, 5.41) is 3.10. The van der Waals surface area contributed by atoms with Crippen LogP contribution in [-0.2, 0) is 11.2 Å². The lowest BCUT2D eigenvalue weighted by Crippen LogP contribution is -2.30. The van der Waals surface area contributed by atoms with E-state index < -0.39 is 0 Å². The monoisotopic (exact) mass is 309 g/mol. The molecule has 0 heterocycles. The predicted octanol–water partition coefficient (Wildman–Crippen LogP) is 4.87. The van der Waals surface area contributed by atoms with Crippen LogP contribution in [0.25, 0.3) is 0 Å². The Morgan fingerprint density at radius 2 is 1.48 bits per heavy atom. The summed E-state index contributed by atoms with van der Waals surface area (Å²) in [6.45, 7) is 8.42. The molecule has 0 saturated carbocycles. The van der Waals surface area contributed by atoms with E-state index in [1.807, 2.05) is 44.2 Å². The van der Waals surface area contributed by atoms with Crippen LogP contribution in [0.15, 0.2) is 54.6 Å². The Bertz CT molecular complexity index is 616. The minimum atomic E-state index is -0.144. The quantitative estimate of drug-likeness (QED) is 0.810. The van der Waals surface area contributed by atoms with Crippen LogP contribution in [0.1, 0.15) is 56.3 Å². The molecule has 122 valence electrons. The topological polar surface area (TPSA) is 29.1 Å². The summed E-state index contributed by atoms with van der Waals surface area (Å²) >= 11 is 0.